The van der Waals surface area contributed by atoms with Gasteiger partial charge < -0.3 is 14.6 Å². The van der Waals surface area contributed by atoms with Gasteiger partial charge in [-0.05, 0) is 50.5 Å². The standard InChI is InChI=1S/C23H28N2O4S/c1-5-12-25-16(2)14-19(17(25)3)21(26)15-29-23(28)20(11-13-30-4)24-22(27)18-9-7-6-8-10-18/h5-10,14,20H,1,11-13,15H2,2-4H3,(H,24,27). The van der Waals surface area contributed by atoms with E-state index in [-0.39, 0.29) is 18.3 Å². The molecule has 30 heavy (non-hydrogen) atoms. The van der Waals surface area contributed by atoms with Crippen molar-refractivity contribution in [1.82, 2.24) is 9.88 Å². The number of thioether (sulfide) groups is 1. The number of amides is 1. The highest BCUT2D eigenvalue weighted by Gasteiger charge is 2.24. The maximum Gasteiger partial charge on any atom is 0.329 e. The first-order chi connectivity index (χ1) is 14.4. The zero-order valence-electron chi connectivity index (χ0n) is 17.6. The number of Topliss-reactive ketones (excluding diaryl/α,β-unsaturated/α-hetero) is 1. The predicted octanol–water partition coefficient (Wildman–Crippen LogP) is 3.57. The van der Waals surface area contributed by atoms with Crippen LogP contribution in [0.25, 0.3) is 0 Å². The van der Waals surface area contributed by atoms with Gasteiger partial charge in [-0.3, -0.25) is 9.59 Å². The Labute approximate surface area is 181 Å². The predicted molar refractivity (Wildman–Crippen MR) is 120 cm³/mol. The number of aromatic nitrogens is 1. The van der Waals surface area contributed by atoms with Gasteiger partial charge in [-0.1, -0.05) is 24.3 Å². The van der Waals surface area contributed by atoms with E-state index in [9.17, 15) is 14.4 Å². The number of carbonyl (C=O) groups excluding carboxylic acids is 3. The maximum absolute atomic E-state index is 12.6. The molecule has 1 aromatic carbocycles. The van der Waals surface area contributed by atoms with Crippen LogP contribution in [0.3, 0.4) is 0 Å². The molecule has 2 aromatic rings. The zero-order valence-corrected chi connectivity index (χ0v) is 18.5. The highest BCUT2D eigenvalue weighted by Crippen LogP contribution is 2.16. The summed E-state index contributed by atoms with van der Waals surface area (Å²) in [5.41, 5.74) is 2.74. The van der Waals surface area contributed by atoms with E-state index in [0.717, 1.165) is 11.4 Å². The van der Waals surface area contributed by atoms with Crippen molar-refractivity contribution in [2.45, 2.75) is 32.9 Å². The maximum atomic E-state index is 12.6. The molecule has 0 aliphatic rings. The second-order valence-electron chi connectivity index (χ2n) is 6.89. The van der Waals surface area contributed by atoms with Gasteiger partial charge in [0.05, 0.1) is 0 Å². The Morgan fingerprint density at radius 1 is 1.23 bits per heavy atom. The third-order valence-corrected chi connectivity index (χ3v) is 5.41. The number of hydrogen-bond donors (Lipinski definition) is 1. The normalized spacial score (nSPS) is 11.6. The van der Waals surface area contributed by atoms with Crippen LogP contribution in [0.5, 0.6) is 0 Å². The summed E-state index contributed by atoms with van der Waals surface area (Å²) in [4.78, 5) is 37.6. The lowest BCUT2D eigenvalue weighted by Gasteiger charge is -2.17. The SMILES string of the molecule is C=CCn1c(C)cc(C(=O)COC(=O)C(CCSC)NC(=O)c2ccccc2)c1C. The summed E-state index contributed by atoms with van der Waals surface area (Å²) >= 11 is 1.57. The van der Waals surface area contributed by atoms with Gasteiger partial charge in [0.15, 0.2) is 6.61 Å². The van der Waals surface area contributed by atoms with E-state index in [4.69, 9.17) is 4.74 Å². The second kappa shape index (κ2) is 11.4. The Morgan fingerprint density at radius 3 is 2.57 bits per heavy atom. The Bertz CT molecular complexity index is 905. The average Bonchev–Trinajstić information content (AvgIpc) is 3.03. The Hall–Kier alpha value is -2.80. The summed E-state index contributed by atoms with van der Waals surface area (Å²) in [7, 11) is 0. The number of ketones is 1. The Kier molecular flexibility index (Phi) is 8.92. The van der Waals surface area contributed by atoms with E-state index in [2.05, 4.69) is 11.9 Å². The van der Waals surface area contributed by atoms with E-state index in [1.165, 1.54) is 0 Å². The molecule has 1 unspecified atom stereocenters. The number of carbonyl (C=O) groups is 3. The average molecular weight is 429 g/mol. The second-order valence-corrected chi connectivity index (χ2v) is 7.87. The largest absolute Gasteiger partial charge is 0.456 e. The molecule has 6 nitrogen and oxygen atoms in total. The molecule has 1 atom stereocenters. The van der Waals surface area contributed by atoms with Crippen LogP contribution < -0.4 is 5.32 Å². The smallest absolute Gasteiger partial charge is 0.329 e. The lowest BCUT2D eigenvalue weighted by atomic mass is 10.1. The topological polar surface area (TPSA) is 77.4 Å². The number of hydrogen-bond acceptors (Lipinski definition) is 5. The first-order valence-corrected chi connectivity index (χ1v) is 11.1. The molecule has 0 aliphatic heterocycles. The molecule has 160 valence electrons. The molecule has 7 heteroatoms. The van der Waals surface area contributed by atoms with Crippen molar-refractivity contribution in [2.24, 2.45) is 0 Å². The van der Waals surface area contributed by atoms with Crippen LogP contribution in [-0.4, -0.2) is 46.9 Å². The van der Waals surface area contributed by atoms with Crippen molar-refractivity contribution >= 4 is 29.4 Å². The molecule has 0 aliphatic carbocycles. The number of allylic oxidation sites excluding steroid dienone is 1. The molecule has 1 aromatic heterocycles. The molecule has 0 saturated heterocycles. The molecular formula is C23H28N2O4S. The number of benzene rings is 1. The van der Waals surface area contributed by atoms with Gasteiger partial charge in [-0.25, -0.2) is 4.79 Å². The van der Waals surface area contributed by atoms with E-state index in [1.54, 1.807) is 48.2 Å². The van der Waals surface area contributed by atoms with E-state index >= 15 is 0 Å². The number of nitrogens with one attached hydrogen (secondary N) is 1. The highest BCUT2D eigenvalue weighted by molar-refractivity contribution is 7.98. The van der Waals surface area contributed by atoms with Crippen molar-refractivity contribution in [3.63, 3.8) is 0 Å². The van der Waals surface area contributed by atoms with Crippen LogP contribution >= 0.6 is 11.8 Å². The van der Waals surface area contributed by atoms with Gasteiger partial charge in [0, 0.05) is 29.1 Å². The van der Waals surface area contributed by atoms with Crippen LogP contribution in [0.15, 0.2) is 49.1 Å². The van der Waals surface area contributed by atoms with Crippen molar-refractivity contribution in [1.29, 1.82) is 0 Å². The highest BCUT2D eigenvalue weighted by atomic mass is 32.2. The molecule has 0 fully saturated rings. The summed E-state index contributed by atoms with van der Waals surface area (Å²) in [6, 6.07) is 9.65. The van der Waals surface area contributed by atoms with Crippen molar-refractivity contribution in [2.75, 3.05) is 18.6 Å². The fourth-order valence-corrected chi connectivity index (χ4v) is 3.60. The number of aryl methyl sites for hydroxylation is 1. The van der Waals surface area contributed by atoms with Crippen LogP contribution in [0.4, 0.5) is 0 Å². The van der Waals surface area contributed by atoms with E-state index in [1.807, 2.05) is 30.7 Å². The van der Waals surface area contributed by atoms with Crippen molar-refractivity contribution in [3.8, 4) is 0 Å². The summed E-state index contributed by atoms with van der Waals surface area (Å²) in [6.45, 7) is 7.73. The minimum Gasteiger partial charge on any atom is -0.456 e. The zero-order chi connectivity index (χ0) is 22.1. The fraction of sp³-hybridized carbons (Fsp3) is 0.348. The molecule has 0 saturated carbocycles. The van der Waals surface area contributed by atoms with Crippen molar-refractivity contribution < 1.29 is 19.1 Å². The van der Waals surface area contributed by atoms with Crippen LogP contribution in [0.2, 0.25) is 0 Å². The lowest BCUT2D eigenvalue weighted by Crippen LogP contribution is -2.42. The third-order valence-electron chi connectivity index (χ3n) is 4.77. The quantitative estimate of drug-likeness (QED) is 0.336. The van der Waals surface area contributed by atoms with Gasteiger partial charge >= 0.3 is 5.97 Å². The number of ether oxygens (including phenoxy) is 1. The molecule has 0 bridgehead atoms. The minimum absolute atomic E-state index is 0.273. The van der Waals surface area contributed by atoms with Gasteiger partial charge in [0.1, 0.15) is 6.04 Å². The Balaban J connectivity index is 2.03. The molecule has 0 radical (unpaired) electrons. The summed E-state index contributed by atoms with van der Waals surface area (Å²) in [5.74, 6) is -0.560. The van der Waals surface area contributed by atoms with Gasteiger partial charge in [-0.15, -0.1) is 6.58 Å². The lowest BCUT2D eigenvalue weighted by molar-refractivity contribution is -0.144. The fourth-order valence-electron chi connectivity index (χ4n) is 3.12. The van der Waals surface area contributed by atoms with Gasteiger partial charge in [-0.2, -0.15) is 11.8 Å². The van der Waals surface area contributed by atoms with Gasteiger partial charge in [0.25, 0.3) is 5.91 Å². The molecule has 2 rings (SSSR count). The summed E-state index contributed by atoms with van der Waals surface area (Å²) in [6.07, 6.45) is 4.10. The Morgan fingerprint density at radius 2 is 1.93 bits per heavy atom. The van der Waals surface area contributed by atoms with Crippen LogP contribution in [0.1, 0.15) is 38.5 Å². The first kappa shape index (κ1) is 23.5. The van der Waals surface area contributed by atoms with Crippen LogP contribution in [-0.2, 0) is 16.1 Å². The molecule has 0 spiro atoms. The van der Waals surface area contributed by atoms with Crippen molar-refractivity contribution in [3.05, 3.63) is 71.6 Å². The third kappa shape index (κ3) is 6.10. The number of nitrogens with zero attached hydrogens (tertiary/aromatic N) is 1. The number of esters is 1. The minimum atomic E-state index is -0.814. The van der Waals surface area contributed by atoms with Crippen LogP contribution in [0, 0.1) is 13.8 Å². The first-order valence-electron chi connectivity index (χ1n) is 9.71. The molecular weight excluding hydrogens is 400 g/mol. The number of rotatable bonds is 11. The van der Waals surface area contributed by atoms with E-state index < -0.39 is 12.0 Å². The molecule has 1 N–H and O–H groups in total. The molecule has 1 heterocycles. The monoisotopic (exact) mass is 428 g/mol. The van der Waals surface area contributed by atoms with E-state index in [0.29, 0.717) is 29.8 Å². The van der Waals surface area contributed by atoms with Gasteiger partial charge in [0.2, 0.25) is 5.78 Å². The summed E-state index contributed by atoms with van der Waals surface area (Å²) < 4.78 is 7.25. The molecule has 1 amide bonds. The summed E-state index contributed by atoms with van der Waals surface area (Å²) in [5, 5.41) is 2.72.